The van der Waals surface area contributed by atoms with E-state index in [1.165, 1.54) is 8.88 Å². The molecule has 1 aliphatic rings. The summed E-state index contributed by atoms with van der Waals surface area (Å²) < 4.78 is 1.30. The zero-order valence-corrected chi connectivity index (χ0v) is 18.8. The summed E-state index contributed by atoms with van der Waals surface area (Å²) in [6.45, 7) is 4.53. The average Bonchev–Trinajstić information content (AvgIpc) is 2.70. The van der Waals surface area contributed by atoms with Crippen molar-refractivity contribution in [2.24, 2.45) is 10.9 Å². The van der Waals surface area contributed by atoms with Crippen LogP contribution in [0.5, 0.6) is 0 Å². The van der Waals surface area contributed by atoms with Gasteiger partial charge in [0, 0.05) is 17.7 Å². The molecule has 0 fully saturated rings. The third-order valence-electron chi connectivity index (χ3n) is 5.18. The number of aliphatic hydroxyl groups is 1. The fourth-order valence-electron chi connectivity index (χ4n) is 3.32. The van der Waals surface area contributed by atoms with Crippen molar-refractivity contribution in [3.05, 3.63) is 81.7 Å². The number of para-hydroxylation sites is 1. The van der Waals surface area contributed by atoms with Gasteiger partial charge < -0.3 is 5.11 Å². The van der Waals surface area contributed by atoms with Gasteiger partial charge in [-0.1, -0.05) is 64.9 Å². The molecular weight excluding hydrogens is 464 g/mol. The second kappa shape index (κ2) is 9.16. The van der Waals surface area contributed by atoms with Crippen LogP contribution >= 0.6 is 31.2 Å². The number of hydrogen-bond donors (Lipinski definition) is 1. The van der Waals surface area contributed by atoms with Gasteiger partial charge >= 0.3 is 0 Å². The van der Waals surface area contributed by atoms with E-state index >= 15 is 0 Å². The molecule has 1 aliphatic carbocycles. The molecular formula is C23H25INOP. The maximum absolute atomic E-state index is 10.5. The van der Waals surface area contributed by atoms with Crippen LogP contribution in [-0.4, -0.2) is 16.5 Å². The van der Waals surface area contributed by atoms with E-state index in [-0.39, 0.29) is 11.1 Å². The van der Waals surface area contributed by atoms with Crippen LogP contribution in [0, 0.1) is 5.92 Å². The second-order valence-electron chi connectivity index (χ2n) is 7.04. The minimum absolute atomic E-state index is 0.0158. The van der Waals surface area contributed by atoms with Gasteiger partial charge in [-0.15, -0.1) is 0 Å². The molecule has 2 nitrogen and oxygen atoms in total. The molecule has 0 heterocycles. The molecule has 0 aromatic heterocycles. The van der Waals surface area contributed by atoms with Crippen LogP contribution in [0.1, 0.15) is 32.3 Å². The zero-order valence-electron chi connectivity index (χ0n) is 15.7. The second-order valence-corrected chi connectivity index (χ2v) is 10.4. The number of allylic oxidation sites excluding steroid dienone is 4. The van der Waals surface area contributed by atoms with Crippen molar-refractivity contribution < 1.29 is 5.11 Å². The first-order valence-electron chi connectivity index (χ1n) is 9.23. The summed E-state index contributed by atoms with van der Waals surface area (Å²) in [7, 11) is 0.599. The van der Waals surface area contributed by atoms with Gasteiger partial charge in [0.1, 0.15) is 0 Å². The molecule has 0 saturated heterocycles. The van der Waals surface area contributed by atoms with Crippen molar-refractivity contribution >= 4 is 48.4 Å². The Labute approximate surface area is 177 Å². The molecule has 3 rings (SSSR count). The van der Waals surface area contributed by atoms with Crippen LogP contribution in [0.2, 0.25) is 0 Å². The Morgan fingerprint density at radius 1 is 1.15 bits per heavy atom. The van der Waals surface area contributed by atoms with Crippen molar-refractivity contribution in [2.45, 2.75) is 31.8 Å². The highest BCUT2D eigenvalue weighted by atomic mass is 127. The number of aliphatic hydroxyl groups excluding tert-OH is 1. The van der Waals surface area contributed by atoms with Gasteiger partial charge in [-0.3, -0.25) is 4.99 Å². The van der Waals surface area contributed by atoms with E-state index in [1.807, 2.05) is 48.7 Å². The van der Waals surface area contributed by atoms with E-state index in [9.17, 15) is 5.11 Å². The molecule has 1 N–H and O–H groups in total. The molecule has 0 saturated carbocycles. The van der Waals surface area contributed by atoms with Gasteiger partial charge in [-0.05, 0) is 73.8 Å². The molecule has 0 radical (unpaired) electrons. The van der Waals surface area contributed by atoms with E-state index in [4.69, 9.17) is 0 Å². The Bertz CT molecular complexity index is 875. The molecule has 27 heavy (non-hydrogen) atoms. The third kappa shape index (κ3) is 5.08. The largest absolute Gasteiger partial charge is 0.512 e. The number of nitrogens with zero attached hydrogens (tertiary/aromatic N) is 1. The Hall–Kier alpha value is -1.45. The molecule has 0 spiro atoms. The van der Waals surface area contributed by atoms with Crippen molar-refractivity contribution in [3.63, 3.8) is 0 Å². The van der Waals surface area contributed by atoms with E-state index in [2.05, 4.69) is 65.7 Å². The fraction of sp³-hybridized carbons (Fsp3) is 0.261. The van der Waals surface area contributed by atoms with Crippen LogP contribution in [0.15, 0.2) is 81.1 Å². The Kier molecular flexibility index (Phi) is 6.88. The molecule has 0 bridgehead atoms. The summed E-state index contributed by atoms with van der Waals surface area (Å²) in [6.07, 6.45) is 7.79. The SMILES string of the molecule is CCC(C)(Pc1ccccc1C=Nc1ccccc1)C1CC(I)=CC=C1O. The van der Waals surface area contributed by atoms with Gasteiger partial charge in [0.25, 0.3) is 0 Å². The monoisotopic (exact) mass is 489 g/mol. The molecule has 140 valence electrons. The lowest BCUT2D eigenvalue weighted by Gasteiger charge is -2.38. The lowest BCUT2D eigenvalue weighted by molar-refractivity contribution is 0.283. The smallest absolute Gasteiger partial charge is 0.0966 e. The third-order valence-corrected chi connectivity index (χ3v) is 7.98. The molecule has 2 aromatic carbocycles. The van der Waals surface area contributed by atoms with Crippen LogP contribution in [0.25, 0.3) is 0 Å². The van der Waals surface area contributed by atoms with Crippen LogP contribution in [-0.2, 0) is 0 Å². The van der Waals surface area contributed by atoms with E-state index in [1.54, 1.807) is 0 Å². The van der Waals surface area contributed by atoms with Crippen molar-refractivity contribution in [1.29, 1.82) is 0 Å². The van der Waals surface area contributed by atoms with Crippen LogP contribution < -0.4 is 5.30 Å². The Morgan fingerprint density at radius 2 is 1.85 bits per heavy atom. The molecule has 3 atom stereocenters. The summed E-state index contributed by atoms with van der Waals surface area (Å²) in [4.78, 5) is 4.64. The summed E-state index contributed by atoms with van der Waals surface area (Å²) in [6, 6.07) is 18.5. The van der Waals surface area contributed by atoms with E-state index < -0.39 is 0 Å². The van der Waals surface area contributed by atoms with Gasteiger partial charge in [-0.25, -0.2) is 0 Å². The Morgan fingerprint density at radius 3 is 2.59 bits per heavy atom. The number of rotatable bonds is 6. The van der Waals surface area contributed by atoms with Gasteiger partial charge in [0.2, 0.25) is 0 Å². The van der Waals surface area contributed by atoms with E-state index in [0.717, 1.165) is 24.1 Å². The fourth-order valence-corrected chi connectivity index (χ4v) is 5.63. The maximum atomic E-state index is 10.5. The summed E-state index contributed by atoms with van der Waals surface area (Å²) >= 11 is 2.38. The predicted molar refractivity (Wildman–Crippen MR) is 128 cm³/mol. The lowest BCUT2D eigenvalue weighted by atomic mass is 9.84. The highest BCUT2D eigenvalue weighted by Crippen LogP contribution is 2.48. The normalized spacial score (nSPS) is 19.9. The highest BCUT2D eigenvalue weighted by Gasteiger charge is 2.37. The van der Waals surface area contributed by atoms with Crippen LogP contribution in [0.4, 0.5) is 5.69 Å². The minimum atomic E-state index is 0.0158. The number of benzene rings is 2. The summed E-state index contributed by atoms with van der Waals surface area (Å²) in [5, 5.41) is 11.9. The summed E-state index contributed by atoms with van der Waals surface area (Å²) in [5.41, 5.74) is 2.12. The molecule has 2 aromatic rings. The van der Waals surface area contributed by atoms with Crippen molar-refractivity contribution in [2.75, 3.05) is 0 Å². The first-order chi connectivity index (χ1) is 13.0. The standard InChI is InChI=1S/C23H25INOP/c1-3-23(2,20-15-18(24)13-14-21(20)26)27-22-12-8-7-9-17(22)16-25-19-10-5-4-6-11-19/h4-14,16,20,26-27H,3,15H2,1-2H3. The topological polar surface area (TPSA) is 32.6 Å². The summed E-state index contributed by atoms with van der Waals surface area (Å²) in [5.74, 6) is 0.680. The molecule has 0 aliphatic heterocycles. The lowest BCUT2D eigenvalue weighted by Crippen LogP contribution is -2.34. The van der Waals surface area contributed by atoms with Crippen LogP contribution in [0.3, 0.4) is 0 Å². The van der Waals surface area contributed by atoms with Crippen molar-refractivity contribution in [1.82, 2.24) is 0 Å². The predicted octanol–water partition coefficient (Wildman–Crippen LogP) is 6.69. The van der Waals surface area contributed by atoms with Gasteiger partial charge in [0.15, 0.2) is 0 Å². The quantitative estimate of drug-likeness (QED) is 0.274. The molecule has 3 unspecified atom stereocenters. The zero-order chi connectivity index (χ0) is 19.3. The number of halogens is 1. The minimum Gasteiger partial charge on any atom is -0.512 e. The molecule has 4 heteroatoms. The van der Waals surface area contributed by atoms with Gasteiger partial charge in [-0.2, -0.15) is 0 Å². The first kappa shape index (κ1) is 20.3. The Balaban J connectivity index is 1.87. The average molecular weight is 489 g/mol. The molecule has 0 amide bonds. The first-order valence-corrected chi connectivity index (χ1v) is 11.3. The van der Waals surface area contributed by atoms with E-state index in [0.29, 0.717) is 14.3 Å². The maximum Gasteiger partial charge on any atom is 0.0966 e. The highest BCUT2D eigenvalue weighted by molar-refractivity contribution is 14.1. The van der Waals surface area contributed by atoms with Crippen molar-refractivity contribution in [3.8, 4) is 0 Å². The van der Waals surface area contributed by atoms with Gasteiger partial charge in [0.05, 0.1) is 11.4 Å². The number of hydrogen-bond acceptors (Lipinski definition) is 2. The number of aliphatic imine (C=N–C) groups is 1.